The second-order valence-electron chi connectivity index (χ2n) is 8.56. The Morgan fingerprint density at radius 2 is 1.60 bits per heavy atom. The van der Waals surface area contributed by atoms with Crippen molar-refractivity contribution in [3.63, 3.8) is 0 Å². The molecule has 0 bridgehead atoms. The van der Waals surface area contributed by atoms with Gasteiger partial charge >= 0.3 is 0 Å². The number of ketones is 1. The summed E-state index contributed by atoms with van der Waals surface area (Å²) in [6.45, 7) is 4.04. The first-order chi connectivity index (χ1) is 16.4. The molecule has 0 atom stereocenters. The summed E-state index contributed by atoms with van der Waals surface area (Å²) >= 11 is 3.37. The molecule has 1 heterocycles. The molecule has 8 heteroatoms. The molecule has 1 aliphatic rings. The highest BCUT2D eigenvalue weighted by molar-refractivity contribution is 9.10. The summed E-state index contributed by atoms with van der Waals surface area (Å²) in [6.07, 6.45) is 1.17. The summed E-state index contributed by atoms with van der Waals surface area (Å²) in [6, 6.07) is 19.5. The normalized spacial score (nSPS) is 14.1. The maximum absolute atomic E-state index is 13.0. The van der Waals surface area contributed by atoms with Gasteiger partial charge < -0.3 is 20.2 Å². The number of benzene rings is 3. The number of para-hydroxylation sites is 1. The first kappa shape index (κ1) is 26.7. The Morgan fingerprint density at radius 1 is 0.914 bits per heavy atom. The van der Waals surface area contributed by atoms with Crippen LogP contribution in [0.2, 0.25) is 0 Å². The van der Waals surface area contributed by atoms with Crippen molar-refractivity contribution in [1.29, 1.82) is 0 Å². The second-order valence-corrected chi connectivity index (χ2v) is 9.48. The molecule has 184 valence electrons. The fourth-order valence-electron chi connectivity index (χ4n) is 4.10. The first-order valence-electron chi connectivity index (χ1n) is 11.4. The van der Waals surface area contributed by atoms with E-state index < -0.39 is 0 Å². The van der Waals surface area contributed by atoms with Crippen molar-refractivity contribution in [1.82, 2.24) is 4.90 Å². The fraction of sp³-hybridized carbons (Fsp3) is 0.259. The third kappa shape index (κ3) is 6.84. The third-order valence-corrected chi connectivity index (χ3v) is 6.63. The van der Waals surface area contributed by atoms with Crippen LogP contribution in [0.15, 0.2) is 71.2 Å². The molecule has 0 spiro atoms. The number of amides is 1. The van der Waals surface area contributed by atoms with Gasteiger partial charge in [-0.25, -0.2) is 0 Å². The van der Waals surface area contributed by atoms with E-state index in [0.29, 0.717) is 16.7 Å². The lowest BCUT2D eigenvalue weighted by molar-refractivity contribution is 0.0989. The Balaban J connectivity index is 0.00000342. The van der Waals surface area contributed by atoms with Crippen molar-refractivity contribution in [2.75, 3.05) is 43.4 Å². The van der Waals surface area contributed by atoms with Gasteiger partial charge in [-0.1, -0.05) is 40.2 Å². The Kier molecular flexibility index (Phi) is 9.32. The number of hydrogen-bond donors (Lipinski definition) is 2. The zero-order valence-corrected chi connectivity index (χ0v) is 21.9. The lowest BCUT2D eigenvalue weighted by Gasteiger charge is -2.23. The van der Waals surface area contributed by atoms with Crippen LogP contribution in [-0.4, -0.2) is 54.9 Å². The zero-order chi connectivity index (χ0) is 24.1. The number of anilines is 2. The highest BCUT2D eigenvalue weighted by Crippen LogP contribution is 2.29. The molecule has 0 radical (unpaired) electrons. The van der Waals surface area contributed by atoms with E-state index in [4.69, 9.17) is 0 Å². The van der Waals surface area contributed by atoms with Crippen LogP contribution < -0.4 is 10.2 Å². The number of carbonyl (C=O) groups excluding carboxylic acids is 2. The van der Waals surface area contributed by atoms with Gasteiger partial charge in [-0.15, -0.1) is 12.4 Å². The van der Waals surface area contributed by atoms with E-state index in [9.17, 15) is 14.7 Å². The van der Waals surface area contributed by atoms with Crippen molar-refractivity contribution in [2.24, 2.45) is 0 Å². The Bertz CT molecular complexity index is 1170. The summed E-state index contributed by atoms with van der Waals surface area (Å²) in [5.41, 5.74) is 2.97. The number of rotatable bonds is 6. The largest absolute Gasteiger partial charge is 0.506 e. The van der Waals surface area contributed by atoms with E-state index in [1.807, 2.05) is 24.3 Å². The monoisotopic (exact) mass is 557 g/mol. The molecular weight excluding hydrogens is 530 g/mol. The summed E-state index contributed by atoms with van der Waals surface area (Å²) in [5, 5.41) is 13.2. The van der Waals surface area contributed by atoms with Gasteiger partial charge in [0.15, 0.2) is 5.78 Å². The van der Waals surface area contributed by atoms with E-state index in [-0.39, 0.29) is 42.0 Å². The van der Waals surface area contributed by atoms with Crippen LogP contribution in [0.1, 0.15) is 32.7 Å². The van der Waals surface area contributed by atoms with Crippen LogP contribution in [0.3, 0.4) is 0 Å². The molecule has 3 aromatic carbocycles. The first-order valence-corrected chi connectivity index (χ1v) is 12.1. The number of nitrogens with one attached hydrogen (secondary N) is 1. The highest BCUT2D eigenvalue weighted by atomic mass is 79.9. The van der Waals surface area contributed by atoms with Gasteiger partial charge in [-0.3, -0.25) is 9.59 Å². The van der Waals surface area contributed by atoms with E-state index in [2.05, 4.69) is 38.1 Å². The van der Waals surface area contributed by atoms with Gasteiger partial charge in [0.1, 0.15) is 5.75 Å². The van der Waals surface area contributed by atoms with Gasteiger partial charge in [0.05, 0.1) is 5.69 Å². The number of Topliss-reactive ketones (excluding diaryl/α,β-unsaturated/α-hetero) is 1. The molecule has 0 saturated carbocycles. The van der Waals surface area contributed by atoms with Crippen LogP contribution in [0.25, 0.3) is 0 Å². The van der Waals surface area contributed by atoms with Crippen LogP contribution >= 0.6 is 28.3 Å². The maximum Gasteiger partial charge on any atom is 0.255 e. The highest BCUT2D eigenvalue weighted by Gasteiger charge is 2.17. The predicted octanol–water partition coefficient (Wildman–Crippen LogP) is 5.40. The minimum absolute atomic E-state index is 0. The molecule has 2 N–H and O–H groups in total. The van der Waals surface area contributed by atoms with E-state index in [1.54, 1.807) is 36.4 Å². The van der Waals surface area contributed by atoms with Gasteiger partial charge in [-0.05, 0) is 68.0 Å². The third-order valence-electron chi connectivity index (χ3n) is 6.10. The molecule has 4 rings (SSSR count). The molecule has 1 fully saturated rings. The molecule has 1 saturated heterocycles. The quantitative estimate of drug-likeness (QED) is 0.313. The molecule has 0 aliphatic carbocycles. The van der Waals surface area contributed by atoms with Gasteiger partial charge in [0.25, 0.3) is 5.91 Å². The predicted molar refractivity (Wildman–Crippen MR) is 146 cm³/mol. The van der Waals surface area contributed by atoms with Gasteiger partial charge in [0, 0.05) is 47.3 Å². The average molecular weight is 559 g/mol. The molecule has 0 unspecified atom stereocenters. The van der Waals surface area contributed by atoms with Crippen molar-refractivity contribution in [3.8, 4) is 5.75 Å². The number of carbonyl (C=O) groups is 2. The second kappa shape index (κ2) is 12.2. The number of phenols is 1. The molecule has 1 amide bonds. The fourth-order valence-corrected chi connectivity index (χ4v) is 4.37. The molecule has 35 heavy (non-hydrogen) atoms. The van der Waals surface area contributed by atoms with Crippen LogP contribution in [-0.2, 0) is 6.42 Å². The summed E-state index contributed by atoms with van der Waals surface area (Å²) in [4.78, 5) is 30.4. The Hall–Kier alpha value is -2.87. The van der Waals surface area contributed by atoms with Crippen LogP contribution in [0.5, 0.6) is 5.75 Å². The van der Waals surface area contributed by atoms with Gasteiger partial charge in [-0.2, -0.15) is 0 Å². The summed E-state index contributed by atoms with van der Waals surface area (Å²) in [5.74, 6) is -0.498. The lowest BCUT2D eigenvalue weighted by Crippen LogP contribution is -2.28. The summed E-state index contributed by atoms with van der Waals surface area (Å²) < 4.78 is 0.892. The molecule has 6 nitrogen and oxygen atoms in total. The maximum atomic E-state index is 13.0. The van der Waals surface area contributed by atoms with E-state index >= 15 is 0 Å². The van der Waals surface area contributed by atoms with Crippen LogP contribution in [0, 0.1) is 0 Å². The van der Waals surface area contributed by atoms with Gasteiger partial charge in [0.2, 0.25) is 0 Å². The number of aromatic hydroxyl groups is 1. The minimum Gasteiger partial charge on any atom is -0.506 e. The number of phenolic OH excluding ortho intramolecular Hbond substituents is 1. The molecule has 0 aromatic heterocycles. The smallest absolute Gasteiger partial charge is 0.255 e. The van der Waals surface area contributed by atoms with Crippen molar-refractivity contribution >= 4 is 51.4 Å². The van der Waals surface area contributed by atoms with Crippen molar-refractivity contribution in [2.45, 2.75) is 12.8 Å². The summed E-state index contributed by atoms with van der Waals surface area (Å²) in [7, 11) is 2.14. The SMILES string of the molecule is CN1CCCN(c2ccc(C(=O)Nc3c(O)cccc3CC(=O)c3ccc(Br)cc3)cc2)CC1.Cl. The lowest BCUT2D eigenvalue weighted by atomic mass is 10.0. The minimum atomic E-state index is -0.332. The van der Waals surface area contributed by atoms with Crippen molar-refractivity contribution < 1.29 is 14.7 Å². The topological polar surface area (TPSA) is 72.9 Å². The number of halogens is 2. The standard InChI is InChI=1S/C27H28BrN3O3.ClH/c1-30-14-3-15-31(17-16-30)23-12-8-20(9-13-23)27(34)29-26-21(4-2-5-24(26)32)18-25(33)19-6-10-22(28)11-7-19;/h2,4-13,32H,3,14-18H2,1H3,(H,29,34);1H. The van der Waals surface area contributed by atoms with Crippen LogP contribution in [0.4, 0.5) is 11.4 Å². The molecule has 1 aliphatic heterocycles. The Morgan fingerprint density at radius 3 is 2.31 bits per heavy atom. The zero-order valence-electron chi connectivity index (χ0n) is 19.5. The van der Waals surface area contributed by atoms with Crippen molar-refractivity contribution in [3.05, 3.63) is 87.9 Å². The van der Waals surface area contributed by atoms with E-state index in [1.165, 1.54) is 6.07 Å². The molecule has 3 aromatic rings. The number of hydrogen-bond acceptors (Lipinski definition) is 5. The van der Waals surface area contributed by atoms with E-state index in [0.717, 1.165) is 42.8 Å². The number of likely N-dealkylation sites (N-methyl/N-ethyl adjacent to an activating group) is 1. The number of nitrogens with zero attached hydrogens (tertiary/aromatic N) is 2. The molecular formula is C27H29BrClN3O3. The Labute approximate surface area is 220 Å². The average Bonchev–Trinajstić information content (AvgIpc) is 3.06.